The summed E-state index contributed by atoms with van der Waals surface area (Å²) in [4.78, 5) is 23.6. The molecule has 0 radical (unpaired) electrons. The maximum atomic E-state index is 12.9. The minimum Gasteiger partial charge on any atom is -0.457 e. The van der Waals surface area contributed by atoms with E-state index in [1.807, 2.05) is 70.3 Å². The second-order valence-electron chi connectivity index (χ2n) is 9.82. The van der Waals surface area contributed by atoms with Crippen LogP contribution in [0.3, 0.4) is 0 Å². The van der Waals surface area contributed by atoms with Gasteiger partial charge in [0.25, 0.3) is 0 Å². The van der Waals surface area contributed by atoms with E-state index in [2.05, 4.69) is 15.3 Å². The van der Waals surface area contributed by atoms with Crippen molar-refractivity contribution in [3.05, 3.63) is 73.1 Å². The predicted molar refractivity (Wildman–Crippen MR) is 148 cm³/mol. The molecule has 2 aromatic carbocycles. The quantitative estimate of drug-likeness (QED) is 0.335. The third kappa shape index (κ3) is 5.47. The van der Waals surface area contributed by atoms with Crippen LogP contribution in [0, 0.1) is 0 Å². The third-order valence-corrected chi connectivity index (χ3v) is 7.10. The number of rotatable bonds is 8. The molecule has 2 saturated heterocycles. The Morgan fingerprint density at radius 1 is 1.10 bits per heavy atom. The van der Waals surface area contributed by atoms with Crippen LogP contribution in [-0.4, -0.2) is 69.4 Å². The van der Waals surface area contributed by atoms with E-state index in [1.54, 1.807) is 6.08 Å². The van der Waals surface area contributed by atoms with Crippen molar-refractivity contribution in [1.29, 1.82) is 0 Å². The average molecular weight is 526 g/mol. The third-order valence-electron chi connectivity index (χ3n) is 7.10. The Balaban J connectivity index is 1.21. The van der Waals surface area contributed by atoms with Crippen LogP contribution in [-0.2, 0) is 9.53 Å². The van der Waals surface area contributed by atoms with Gasteiger partial charge in [0.15, 0.2) is 5.65 Å². The molecule has 0 saturated carbocycles. The highest BCUT2D eigenvalue weighted by atomic mass is 16.5. The van der Waals surface area contributed by atoms with Crippen LogP contribution < -0.4 is 15.8 Å². The van der Waals surface area contributed by atoms with Gasteiger partial charge in [-0.25, -0.2) is 14.6 Å². The molecule has 2 aromatic heterocycles. The number of nitrogens with zero attached hydrogens (tertiary/aromatic N) is 5. The molecule has 2 aliphatic rings. The van der Waals surface area contributed by atoms with E-state index in [1.165, 1.54) is 6.33 Å². The van der Waals surface area contributed by atoms with Gasteiger partial charge in [-0.05, 0) is 49.2 Å². The molecule has 4 aromatic rings. The van der Waals surface area contributed by atoms with E-state index in [-0.39, 0.29) is 11.9 Å². The number of nitrogens with two attached hydrogens (primary N) is 1. The number of carbonyl (C=O) groups excluding carboxylic acids is 1. The van der Waals surface area contributed by atoms with Crippen LogP contribution in [0.2, 0.25) is 0 Å². The average Bonchev–Trinajstić information content (AvgIpc) is 3.34. The Hall–Kier alpha value is -4.28. The summed E-state index contributed by atoms with van der Waals surface area (Å²) in [6, 6.07) is 17.8. The molecule has 1 amide bonds. The first-order valence-corrected chi connectivity index (χ1v) is 13.2. The van der Waals surface area contributed by atoms with Crippen molar-refractivity contribution in [3.63, 3.8) is 0 Å². The number of para-hydroxylation sites is 1. The summed E-state index contributed by atoms with van der Waals surface area (Å²) < 4.78 is 13.0. The lowest BCUT2D eigenvalue weighted by Crippen LogP contribution is -2.46. The highest BCUT2D eigenvalue weighted by Gasteiger charge is 2.28. The number of nitrogens with one attached hydrogen (secondary N) is 1. The van der Waals surface area contributed by atoms with E-state index in [9.17, 15) is 4.79 Å². The first-order valence-electron chi connectivity index (χ1n) is 13.2. The molecule has 0 aliphatic carbocycles. The van der Waals surface area contributed by atoms with Crippen LogP contribution in [0.4, 0.5) is 5.82 Å². The topological polar surface area (TPSA) is 120 Å². The zero-order valence-electron chi connectivity index (χ0n) is 21.6. The number of likely N-dealkylation sites (tertiary alicyclic amines) is 1. The molecule has 6 rings (SSSR count). The molecule has 3 N–H and O–H groups in total. The number of aromatic nitrogens is 4. The number of ether oxygens (including phenoxy) is 2. The summed E-state index contributed by atoms with van der Waals surface area (Å²) in [6.07, 6.45) is 6.77. The van der Waals surface area contributed by atoms with E-state index < -0.39 is 0 Å². The number of benzene rings is 2. The number of carbonyl (C=O) groups is 1. The fourth-order valence-corrected chi connectivity index (χ4v) is 4.97. The van der Waals surface area contributed by atoms with Gasteiger partial charge < -0.3 is 25.4 Å². The maximum Gasteiger partial charge on any atom is 0.246 e. The minimum atomic E-state index is -0.0208. The summed E-state index contributed by atoms with van der Waals surface area (Å²) in [5.74, 6) is 1.88. The second kappa shape index (κ2) is 11.2. The fourth-order valence-electron chi connectivity index (χ4n) is 4.97. The first kappa shape index (κ1) is 25.0. The molecule has 0 spiro atoms. The Labute approximate surface area is 226 Å². The molecule has 39 heavy (non-hydrogen) atoms. The van der Waals surface area contributed by atoms with Gasteiger partial charge in [0, 0.05) is 31.3 Å². The van der Waals surface area contributed by atoms with Gasteiger partial charge in [0.05, 0.1) is 30.7 Å². The van der Waals surface area contributed by atoms with E-state index in [0.717, 1.165) is 49.7 Å². The highest BCUT2D eigenvalue weighted by molar-refractivity contribution is 5.98. The van der Waals surface area contributed by atoms with Crippen molar-refractivity contribution in [2.75, 3.05) is 38.6 Å². The van der Waals surface area contributed by atoms with Crippen molar-refractivity contribution in [2.24, 2.45) is 0 Å². The van der Waals surface area contributed by atoms with Crippen LogP contribution >= 0.6 is 0 Å². The molecule has 2 aliphatic heterocycles. The SMILES string of the molecule is Nc1ncnc2c1c(-c1ccc(Oc3ccccc3)cc1)nn2[C@@H]1CCCN(C(=O)C=CCNC2COC2)C1. The van der Waals surface area contributed by atoms with E-state index in [0.29, 0.717) is 41.7 Å². The normalized spacial score (nSPS) is 17.9. The van der Waals surface area contributed by atoms with Crippen molar-refractivity contribution < 1.29 is 14.3 Å². The molecule has 1 atom stereocenters. The lowest BCUT2D eigenvalue weighted by molar-refractivity contribution is -0.127. The first-order chi connectivity index (χ1) is 19.2. The number of hydrogen-bond acceptors (Lipinski definition) is 8. The molecule has 4 heterocycles. The smallest absolute Gasteiger partial charge is 0.246 e. The van der Waals surface area contributed by atoms with Gasteiger partial charge in [0.1, 0.15) is 29.3 Å². The van der Waals surface area contributed by atoms with Gasteiger partial charge in [-0.3, -0.25) is 4.79 Å². The Morgan fingerprint density at radius 2 is 1.90 bits per heavy atom. The van der Waals surface area contributed by atoms with Crippen LogP contribution in [0.25, 0.3) is 22.3 Å². The summed E-state index contributed by atoms with van der Waals surface area (Å²) in [5, 5.41) is 9.03. The summed E-state index contributed by atoms with van der Waals surface area (Å²) in [5.41, 5.74) is 8.60. The lowest BCUT2D eigenvalue weighted by Gasteiger charge is -2.32. The second-order valence-corrected chi connectivity index (χ2v) is 9.82. The summed E-state index contributed by atoms with van der Waals surface area (Å²) in [7, 11) is 0. The summed E-state index contributed by atoms with van der Waals surface area (Å²) in [6.45, 7) is 3.38. The largest absolute Gasteiger partial charge is 0.457 e. The zero-order valence-corrected chi connectivity index (χ0v) is 21.6. The van der Waals surface area contributed by atoms with E-state index >= 15 is 0 Å². The molecule has 0 bridgehead atoms. The Kier molecular flexibility index (Phi) is 7.20. The standard InChI is InChI=1S/C29H31N7O3/c30-28-26-27(20-10-12-24(13-11-20)39-23-7-2-1-3-8-23)34-36(29(26)33-19-32-28)22-6-5-15-35(16-22)25(37)9-4-14-31-21-17-38-18-21/h1-4,7-13,19,21-22,31H,5-6,14-18H2,(H2,30,32,33)/t22-/m1/s1. The van der Waals surface area contributed by atoms with Crippen LogP contribution in [0.1, 0.15) is 18.9 Å². The summed E-state index contributed by atoms with van der Waals surface area (Å²) >= 11 is 0. The van der Waals surface area contributed by atoms with Crippen molar-refractivity contribution >= 4 is 22.8 Å². The molecule has 10 nitrogen and oxygen atoms in total. The van der Waals surface area contributed by atoms with Crippen LogP contribution in [0.15, 0.2) is 73.1 Å². The van der Waals surface area contributed by atoms with E-state index in [4.69, 9.17) is 20.3 Å². The lowest BCUT2D eigenvalue weighted by atomic mass is 10.1. The van der Waals surface area contributed by atoms with Crippen molar-refractivity contribution in [3.8, 4) is 22.8 Å². The van der Waals surface area contributed by atoms with Gasteiger partial charge in [-0.15, -0.1) is 0 Å². The predicted octanol–water partition coefficient (Wildman–Crippen LogP) is 3.58. The monoisotopic (exact) mass is 525 g/mol. The maximum absolute atomic E-state index is 12.9. The molecular formula is C29H31N7O3. The minimum absolute atomic E-state index is 0.00573. The molecule has 2 fully saturated rings. The molecule has 0 unspecified atom stereocenters. The molecule has 200 valence electrons. The Morgan fingerprint density at radius 3 is 2.67 bits per heavy atom. The fraction of sp³-hybridized carbons (Fsp3) is 0.310. The molecular weight excluding hydrogens is 494 g/mol. The number of hydrogen-bond donors (Lipinski definition) is 2. The van der Waals surface area contributed by atoms with Crippen LogP contribution in [0.5, 0.6) is 11.5 Å². The number of fused-ring (bicyclic) bond motifs is 1. The van der Waals surface area contributed by atoms with Gasteiger partial charge in [0.2, 0.25) is 5.91 Å². The number of piperidine rings is 1. The molecule has 10 heteroatoms. The Bertz CT molecular complexity index is 1470. The van der Waals surface area contributed by atoms with Gasteiger partial charge >= 0.3 is 0 Å². The van der Waals surface area contributed by atoms with Gasteiger partial charge in [-0.2, -0.15) is 5.10 Å². The number of anilines is 1. The number of nitrogen functional groups attached to an aromatic ring is 1. The van der Waals surface area contributed by atoms with Gasteiger partial charge in [-0.1, -0.05) is 24.3 Å². The van der Waals surface area contributed by atoms with Crippen molar-refractivity contribution in [2.45, 2.75) is 24.9 Å². The zero-order chi connectivity index (χ0) is 26.6. The van der Waals surface area contributed by atoms with Crippen molar-refractivity contribution in [1.82, 2.24) is 30.0 Å². The number of amides is 1. The highest BCUT2D eigenvalue weighted by Crippen LogP contribution is 2.34.